The molecule has 0 saturated carbocycles. The first-order valence-corrected chi connectivity index (χ1v) is 7.87. The Balaban J connectivity index is 1.43. The summed E-state index contributed by atoms with van der Waals surface area (Å²) in [7, 11) is 0. The van der Waals surface area contributed by atoms with Crippen molar-refractivity contribution in [2.75, 3.05) is 26.3 Å². The molecule has 1 spiro atoms. The molecule has 2 aromatic rings. The van der Waals surface area contributed by atoms with Gasteiger partial charge in [0, 0.05) is 18.6 Å². The molecule has 20 heavy (non-hydrogen) atoms. The van der Waals surface area contributed by atoms with Gasteiger partial charge in [0.15, 0.2) is 0 Å². The monoisotopic (exact) mass is 291 g/mol. The van der Waals surface area contributed by atoms with E-state index in [1.807, 2.05) is 17.5 Å². The van der Waals surface area contributed by atoms with Crippen molar-refractivity contribution in [1.82, 2.24) is 15.1 Å². The lowest BCUT2D eigenvalue weighted by Gasteiger charge is -2.20. The van der Waals surface area contributed by atoms with Crippen molar-refractivity contribution in [2.45, 2.75) is 19.4 Å². The Hall–Kier alpha value is -1.24. The number of aromatic nitrogens is 2. The highest BCUT2D eigenvalue weighted by atomic mass is 32.1. The van der Waals surface area contributed by atoms with Crippen LogP contribution in [0.2, 0.25) is 0 Å². The molecule has 1 atom stereocenters. The molecule has 2 fully saturated rings. The van der Waals surface area contributed by atoms with Crippen molar-refractivity contribution in [2.24, 2.45) is 5.41 Å². The Morgan fingerprint density at radius 2 is 2.35 bits per heavy atom. The van der Waals surface area contributed by atoms with Gasteiger partial charge in [-0.3, -0.25) is 4.90 Å². The van der Waals surface area contributed by atoms with E-state index in [-0.39, 0.29) is 0 Å². The standard InChI is InChI=1S/C14H17N3O2S/c1-2-11(20-7-1)13-16-15-12(19-13)8-17-5-3-14(9-17)4-6-18-10-14/h1-2,7H,3-6,8-10H2/t14-/m1/s1. The second-order valence-corrected chi connectivity index (χ2v) is 6.69. The molecule has 0 bridgehead atoms. The number of likely N-dealkylation sites (tertiary alicyclic amines) is 1. The van der Waals surface area contributed by atoms with E-state index in [1.54, 1.807) is 11.3 Å². The van der Waals surface area contributed by atoms with Gasteiger partial charge >= 0.3 is 0 Å². The smallest absolute Gasteiger partial charge is 0.257 e. The van der Waals surface area contributed by atoms with Crippen LogP contribution in [0.25, 0.3) is 10.8 Å². The first-order valence-electron chi connectivity index (χ1n) is 6.99. The molecule has 0 N–H and O–H groups in total. The molecule has 2 saturated heterocycles. The van der Waals surface area contributed by atoms with Gasteiger partial charge in [-0.2, -0.15) is 0 Å². The molecule has 0 aromatic carbocycles. The Morgan fingerprint density at radius 3 is 3.15 bits per heavy atom. The summed E-state index contributed by atoms with van der Waals surface area (Å²) in [5, 5.41) is 10.3. The molecular weight excluding hydrogens is 274 g/mol. The Bertz CT molecular complexity index is 575. The molecule has 0 unspecified atom stereocenters. The Morgan fingerprint density at radius 1 is 1.35 bits per heavy atom. The second kappa shape index (κ2) is 4.95. The van der Waals surface area contributed by atoms with Gasteiger partial charge in [-0.25, -0.2) is 0 Å². The van der Waals surface area contributed by atoms with Gasteiger partial charge < -0.3 is 9.15 Å². The van der Waals surface area contributed by atoms with Crippen LogP contribution in [0.1, 0.15) is 18.7 Å². The fourth-order valence-corrected chi connectivity index (χ4v) is 3.79. The van der Waals surface area contributed by atoms with Gasteiger partial charge in [-0.15, -0.1) is 21.5 Å². The van der Waals surface area contributed by atoms with E-state index < -0.39 is 0 Å². The van der Waals surface area contributed by atoms with E-state index in [1.165, 1.54) is 12.8 Å². The molecule has 106 valence electrons. The molecular formula is C14H17N3O2S. The van der Waals surface area contributed by atoms with E-state index in [0.717, 1.165) is 37.7 Å². The van der Waals surface area contributed by atoms with Crippen LogP contribution in [0.4, 0.5) is 0 Å². The van der Waals surface area contributed by atoms with Crippen molar-refractivity contribution in [3.05, 3.63) is 23.4 Å². The predicted octanol–water partition coefficient (Wildman–Crippen LogP) is 2.41. The molecule has 4 rings (SSSR count). The first kappa shape index (κ1) is 12.5. The zero-order valence-electron chi connectivity index (χ0n) is 11.2. The molecule has 2 aliphatic heterocycles. The predicted molar refractivity (Wildman–Crippen MR) is 75.4 cm³/mol. The maximum atomic E-state index is 5.76. The summed E-state index contributed by atoms with van der Waals surface area (Å²) in [6.07, 6.45) is 2.41. The number of rotatable bonds is 3. The molecule has 0 amide bonds. The minimum absolute atomic E-state index is 0.386. The quantitative estimate of drug-likeness (QED) is 0.869. The van der Waals surface area contributed by atoms with Crippen molar-refractivity contribution in [3.8, 4) is 10.8 Å². The van der Waals surface area contributed by atoms with Gasteiger partial charge in [-0.1, -0.05) is 6.07 Å². The van der Waals surface area contributed by atoms with E-state index in [9.17, 15) is 0 Å². The van der Waals surface area contributed by atoms with Gasteiger partial charge in [0.25, 0.3) is 5.89 Å². The molecule has 4 heterocycles. The van der Waals surface area contributed by atoms with Crippen molar-refractivity contribution < 1.29 is 9.15 Å². The molecule has 6 heteroatoms. The Labute approximate surface area is 121 Å². The maximum absolute atomic E-state index is 5.76. The zero-order valence-corrected chi connectivity index (χ0v) is 12.1. The lowest BCUT2D eigenvalue weighted by atomic mass is 9.87. The largest absolute Gasteiger partial charge is 0.419 e. The van der Waals surface area contributed by atoms with Crippen molar-refractivity contribution in [3.63, 3.8) is 0 Å². The summed E-state index contributed by atoms with van der Waals surface area (Å²) >= 11 is 1.62. The fraction of sp³-hybridized carbons (Fsp3) is 0.571. The van der Waals surface area contributed by atoms with Crippen LogP contribution in [0.15, 0.2) is 21.9 Å². The third kappa shape index (κ3) is 2.28. The lowest BCUT2D eigenvalue weighted by Crippen LogP contribution is -2.27. The molecule has 0 radical (unpaired) electrons. The zero-order chi connectivity index (χ0) is 13.4. The summed E-state index contributed by atoms with van der Waals surface area (Å²) in [5.41, 5.74) is 0.386. The highest BCUT2D eigenvalue weighted by Gasteiger charge is 2.41. The third-order valence-corrected chi connectivity index (χ3v) is 5.12. The van der Waals surface area contributed by atoms with Crippen LogP contribution in [0, 0.1) is 5.41 Å². The lowest BCUT2D eigenvalue weighted by molar-refractivity contribution is 0.150. The fourth-order valence-electron chi connectivity index (χ4n) is 3.14. The van der Waals surface area contributed by atoms with Crippen LogP contribution in [0.3, 0.4) is 0 Å². The van der Waals surface area contributed by atoms with Crippen molar-refractivity contribution in [1.29, 1.82) is 0 Å². The third-order valence-electron chi connectivity index (χ3n) is 4.26. The van der Waals surface area contributed by atoms with Crippen LogP contribution >= 0.6 is 11.3 Å². The number of hydrogen-bond donors (Lipinski definition) is 0. The summed E-state index contributed by atoms with van der Waals surface area (Å²) in [5.74, 6) is 1.34. The number of hydrogen-bond acceptors (Lipinski definition) is 6. The van der Waals surface area contributed by atoms with Crippen LogP contribution in [-0.4, -0.2) is 41.4 Å². The van der Waals surface area contributed by atoms with E-state index in [2.05, 4.69) is 15.1 Å². The second-order valence-electron chi connectivity index (χ2n) is 5.74. The first-order chi connectivity index (χ1) is 9.83. The van der Waals surface area contributed by atoms with Gasteiger partial charge in [0.1, 0.15) is 0 Å². The molecule has 5 nitrogen and oxygen atoms in total. The summed E-state index contributed by atoms with van der Waals surface area (Å²) in [6, 6.07) is 4.00. The van der Waals surface area contributed by atoms with E-state index in [0.29, 0.717) is 17.2 Å². The maximum Gasteiger partial charge on any atom is 0.257 e. The number of thiophene rings is 1. The average molecular weight is 291 g/mol. The minimum atomic E-state index is 0.386. The van der Waals surface area contributed by atoms with Crippen molar-refractivity contribution >= 4 is 11.3 Å². The number of nitrogens with zero attached hydrogens (tertiary/aromatic N) is 3. The topological polar surface area (TPSA) is 51.4 Å². The molecule has 2 aromatic heterocycles. The van der Waals surface area contributed by atoms with E-state index >= 15 is 0 Å². The van der Waals surface area contributed by atoms with Crippen LogP contribution in [-0.2, 0) is 11.3 Å². The Kier molecular flexibility index (Phi) is 3.09. The average Bonchev–Trinajstić information content (AvgIpc) is 3.21. The van der Waals surface area contributed by atoms with Crippen LogP contribution < -0.4 is 0 Å². The van der Waals surface area contributed by atoms with Gasteiger partial charge in [-0.05, 0) is 30.8 Å². The normalized spacial score (nSPS) is 26.8. The van der Waals surface area contributed by atoms with E-state index in [4.69, 9.17) is 9.15 Å². The number of ether oxygens (including phenoxy) is 1. The SMILES string of the molecule is c1csc(-c2nnc(CN3CC[C@@]4(CCOC4)C3)o2)c1. The summed E-state index contributed by atoms with van der Waals surface area (Å²) < 4.78 is 11.3. The summed E-state index contributed by atoms with van der Waals surface area (Å²) in [6.45, 7) is 4.76. The molecule has 0 aliphatic carbocycles. The van der Waals surface area contributed by atoms with Gasteiger partial charge in [0.2, 0.25) is 5.89 Å². The van der Waals surface area contributed by atoms with Gasteiger partial charge in [0.05, 0.1) is 18.0 Å². The summed E-state index contributed by atoms with van der Waals surface area (Å²) in [4.78, 5) is 3.44. The van der Waals surface area contributed by atoms with Crippen LogP contribution in [0.5, 0.6) is 0 Å². The highest BCUT2D eigenvalue weighted by molar-refractivity contribution is 7.13. The molecule has 2 aliphatic rings. The highest BCUT2D eigenvalue weighted by Crippen LogP contribution is 2.38. The minimum Gasteiger partial charge on any atom is -0.419 e.